The van der Waals surface area contributed by atoms with E-state index < -0.39 is 6.03 Å². The Morgan fingerprint density at radius 2 is 1.91 bits per heavy atom. The van der Waals surface area contributed by atoms with Crippen LogP contribution in [0.5, 0.6) is 5.75 Å². The number of hydrogen-bond donors (Lipinski definition) is 2. The number of carbonyl (C=O) groups excluding carboxylic acids is 2. The Bertz CT molecular complexity index is 491. The molecular formula is C15H22BrN3O3. The summed E-state index contributed by atoms with van der Waals surface area (Å²) in [6.07, 6.45) is 0. The minimum atomic E-state index is -0.473. The Morgan fingerprint density at radius 3 is 2.50 bits per heavy atom. The van der Waals surface area contributed by atoms with Crippen molar-refractivity contribution in [3.8, 4) is 5.75 Å². The van der Waals surface area contributed by atoms with Gasteiger partial charge in [-0.2, -0.15) is 0 Å². The zero-order valence-corrected chi connectivity index (χ0v) is 14.6. The molecule has 1 aromatic carbocycles. The van der Waals surface area contributed by atoms with Crippen molar-refractivity contribution in [2.45, 2.75) is 19.9 Å². The van der Waals surface area contributed by atoms with Gasteiger partial charge in [0.1, 0.15) is 12.4 Å². The molecule has 1 rings (SSSR count). The maximum Gasteiger partial charge on any atom is 0.321 e. The number of halogens is 1. The molecule has 0 unspecified atom stereocenters. The van der Waals surface area contributed by atoms with Crippen LogP contribution in [0.3, 0.4) is 0 Å². The lowest BCUT2D eigenvalue weighted by molar-refractivity contribution is -0.120. The molecule has 0 aromatic heterocycles. The van der Waals surface area contributed by atoms with E-state index in [2.05, 4.69) is 26.6 Å². The van der Waals surface area contributed by atoms with Gasteiger partial charge < -0.3 is 10.1 Å². The molecule has 0 spiro atoms. The van der Waals surface area contributed by atoms with Crippen LogP contribution in [-0.4, -0.2) is 49.6 Å². The van der Waals surface area contributed by atoms with E-state index in [4.69, 9.17) is 4.74 Å². The second-order valence-electron chi connectivity index (χ2n) is 5.22. The lowest BCUT2D eigenvalue weighted by atomic mass is 10.3. The number of rotatable bonds is 7. The van der Waals surface area contributed by atoms with E-state index in [0.29, 0.717) is 13.2 Å². The van der Waals surface area contributed by atoms with Crippen molar-refractivity contribution >= 4 is 27.9 Å². The Labute approximate surface area is 139 Å². The van der Waals surface area contributed by atoms with E-state index in [1.165, 1.54) is 0 Å². The van der Waals surface area contributed by atoms with Crippen LogP contribution >= 0.6 is 15.9 Å². The molecule has 122 valence electrons. The summed E-state index contributed by atoms with van der Waals surface area (Å²) in [5.41, 5.74) is 0. The van der Waals surface area contributed by atoms with Crippen molar-refractivity contribution in [1.82, 2.24) is 15.5 Å². The van der Waals surface area contributed by atoms with Crippen LogP contribution in [0.1, 0.15) is 13.8 Å². The van der Waals surface area contributed by atoms with Crippen LogP contribution in [0.25, 0.3) is 0 Å². The molecule has 0 bridgehead atoms. The molecule has 2 N–H and O–H groups in total. The summed E-state index contributed by atoms with van der Waals surface area (Å²) < 4.78 is 6.57. The third kappa shape index (κ3) is 7.99. The highest BCUT2D eigenvalue weighted by molar-refractivity contribution is 9.10. The van der Waals surface area contributed by atoms with Gasteiger partial charge in [0.2, 0.25) is 5.91 Å². The number of likely N-dealkylation sites (N-methyl/N-ethyl adjacent to an activating group) is 1. The number of ether oxygens (including phenoxy) is 1. The summed E-state index contributed by atoms with van der Waals surface area (Å²) in [7, 11) is 1.80. The van der Waals surface area contributed by atoms with Crippen molar-refractivity contribution in [3.05, 3.63) is 28.7 Å². The van der Waals surface area contributed by atoms with Gasteiger partial charge in [-0.05, 0) is 45.2 Å². The van der Waals surface area contributed by atoms with Crippen LogP contribution in [0, 0.1) is 0 Å². The topological polar surface area (TPSA) is 70.7 Å². The van der Waals surface area contributed by atoms with Crippen LogP contribution in [-0.2, 0) is 4.79 Å². The third-order valence-corrected chi connectivity index (χ3v) is 3.17. The minimum absolute atomic E-state index is 0.00941. The second kappa shape index (κ2) is 9.42. The average Bonchev–Trinajstić information content (AvgIpc) is 2.39. The van der Waals surface area contributed by atoms with E-state index in [0.717, 1.165) is 10.2 Å². The molecule has 22 heavy (non-hydrogen) atoms. The second-order valence-corrected chi connectivity index (χ2v) is 6.13. The molecule has 0 atom stereocenters. The molecule has 0 aliphatic rings. The van der Waals surface area contributed by atoms with E-state index in [1.54, 1.807) is 11.9 Å². The number of carbonyl (C=O) groups is 2. The summed E-state index contributed by atoms with van der Waals surface area (Å²) >= 11 is 3.36. The number of imide groups is 1. The number of urea groups is 1. The van der Waals surface area contributed by atoms with E-state index in [9.17, 15) is 9.59 Å². The molecule has 0 saturated heterocycles. The molecule has 1 aromatic rings. The highest BCUT2D eigenvalue weighted by Gasteiger charge is 2.11. The van der Waals surface area contributed by atoms with Crippen LogP contribution in [0.4, 0.5) is 4.79 Å². The number of nitrogens with zero attached hydrogens (tertiary/aromatic N) is 1. The average molecular weight is 372 g/mol. The Kier molecular flexibility index (Phi) is 7.90. The third-order valence-electron chi connectivity index (χ3n) is 2.64. The molecule has 0 saturated carbocycles. The summed E-state index contributed by atoms with van der Waals surface area (Å²) in [6.45, 7) is 4.83. The first-order chi connectivity index (χ1) is 10.4. The standard InChI is InChI=1S/C15H22BrN3O3/c1-11(2)17-15(21)18-14(20)10-19(3)8-9-22-13-6-4-12(16)5-7-13/h4-7,11H,8-10H2,1-3H3,(H2,17,18,20,21). The van der Waals surface area contributed by atoms with Gasteiger partial charge in [0.05, 0.1) is 6.54 Å². The van der Waals surface area contributed by atoms with E-state index in [1.807, 2.05) is 38.1 Å². The van der Waals surface area contributed by atoms with E-state index >= 15 is 0 Å². The molecule has 0 heterocycles. The number of amides is 3. The first-order valence-electron chi connectivity index (χ1n) is 7.04. The summed E-state index contributed by atoms with van der Waals surface area (Å²) in [6, 6.07) is 7.06. The molecular weight excluding hydrogens is 350 g/mol. The quantitative estimate of drug-likeness (QED) is 0.768. The van der Waals surface area contributed by atoms with Gasteiger partial charge in [-0.1, -0.05) is 15.9 Å². The normalized spacial score (nSPS) is 10.6. The molecule has 0 aliphatic carbocycles. The molecule has 7 heteroatoms. The maximum atomic E-state index is 11.7. The maximum absolute atomic E-state index is 11.7. The fraction of sp³-hybridized carbons (Fsp3) is 0.467. The first-order valence-corrected chi connectivity index (χ1v) is 7.83. The van der Waals surface area contributed by atoms with Crippen molar-refractivity contribution in [2.24, 2.45) is 0 Å². The zero-order valence-electron chi connectivity index (χ0n) is 13.1. The summed E-state index contributed by atoms with van der Waals surface area (Å²) in [4.78, 5) is 24.8. The van der Waals surface area contributed by atoms with Gasteiger partial charge in [-0.25, -0.2) is 4.79 Å². The largest absolute Gasteiger partial charge is 0.492 e. The highest BCUT2D eigenvalue weighted by atomic mass is 79.9. The predicted molar refractivity (Wildman–Crippen MR) is 88.9 cm³/mol. The van der Waals surface area contributed by atoms with Crippen LogP contribution in [0.15, 0.2) is 28.7 Å². The number of nitrogens with one attached hydrogen (secondary N) is 2. The molecule has 0 aliphatic heterocycles. The predicted octanol–water partition coefficient (Wildman–Crippen LogP) is 1.99. The molecule has 6 nitrogen and oxygen atoms in total. The molecule has 0 radical (unpaired) electrons. The summed E-state index contributed by atoms with van der Waals surface area (Å²) in [5.74, 6) is 0.432. The lowest BCUT2D eigenvalue weighted by Gasteiger charge is -2.17. The van der Waals surface area contributed by atoms with Crippen molar-refractivity contribution in [3.63, 3.8) is 0 Å². The highest BCUT2D eigenvalue weighted by Crippen LogP contribution is 2.15. The SMILES string of the molecule is CC(C)NC(=O)NC(=O)CN(C)CCOc1ccc(Br)cc1. The van der Waals surface area contributed by atoms with Gasteiger partial charge in [0, 0.05) is 17.1 Å². The number of benzene rings is 1. The van der Waals surface area contributed by atoms with E-state index in [-0.39, 0.29) is 18.5 Å². The van der Waals surface area contributed by atoms with Gasteiger partial charge in [0.15, 0.2) is 0 Å². The minimum Gasteiger partial charge on any atom is -0.492 e. The smallest absolute Gasteiger partial charge is 0.321 e. The zero-order chi connectivity index (χ0) is 16.5. The fourth-order valence-electron chi connectivity index (χ4n) is 1.64. The van der Waals surface area contributed by atoms with Crippen LogP contribution in [0.2, 0.25) is 0 Å². The fourth-order valence-corrected chi connectivity index (χ4v) is 1.90. The first kappa shape index (κ1) is 18.4. The molecule has 3 amide bonds. The number of hydrogen-bond acceptors (Lipinski definition) is 4. The van der Waals surface area contributed by atoms with Crippen LogP contribution < -0.4 is 15.4 Å². The van der Waals surface area contributed by atoms with Crippen molar-refractivity contribution < 1.29 is 14.3 Å². The summed E-state index contributed by atoms with van der Waals surface area (Å²) in [5, 5.41) is 4.88. The van der Waals surface area contributed by atoms with Crippen molar-refractivity contribution in [2.75, 3.05) is 26.7 Å². The van der Waals surface area contributed by atoms with Crippen molar-refractivity contribution in [1.29, 1.82) is 0 Å². The van der Waals surface area contributed by atoms with Gasteiger partial charge in [-0.3, -0.25) is 15.0 Å². The Hall–Kier alpha value is -1.60. The van der Waals surface area contributed by atoms with Gasteiger partial charge in [0.25, 0.3) is 0 Å². The Morgan fingerprint density at radius 1 is 1.27 bits per heavy atom. The molecule has 0 fully saturated rings. The lowest BCUT2D eigenvalue weighted by Crippen LogP contribution is -2.46. The van der Waals surface area contributed by atoms with Gasteiger partial charge in [-0.15, -0.1) is 0 Å². The Balaban J connectivity index is 2.22. The monoisotopic (exact) mass is 371 g/mol. The van der Waals surface area contributed by atoms with Gasteiger partial charge >= 0.3 is 6.03 Å².